The minimum absolute atomic E-state index is 0.00421. The van der Waals surface area contributed by atoms with E-state index >= 15 is 0 Å². The number of nitrogens with zero attached hydrogens (tertiary/aromatic N) is 2. The number of hydrogen-bond donors (Lipinski definition) is 3. The number of ether oxygens (including phenoxy) is 1. The summed E-state index contributed by atoms with van der Waals surface area (Å²) in [6.45, 7) is 4.40. The molecule has 1 fully saturated rings. The van der Waals surface area contributed by atoms with E-state index in [1.54, 1.807) is 12.3 Å². The molecule has 1 aromatic carbocycles. The second kappa shape index (κ2) is 8.27. The molecule has 2 aliphatic rings. The molecule has 1 atom stereocenters. The normalized spacial score (nSPS) is 20.1. The topological polar surface area (TPSA) is 110 Å². The molecule has 156 valence electrons. The van der Waals surface area contributed by atoms with Gasteiger partial charge in [-0.1, -0.05) is 6.07 Å². The Morgan fingerprint density at radius 1 is 1.34 bits per heavy atom. The lowest BCUT2D eigenvalue weighted by Crippen LogP contribution is -2.31. The van der Waals surface area contributed by atoms with Gasteiger partial charge in [-0.3, -0.25) is 0 Å². The van der Waals surface area contributed by atoms with Gasteiger partial charge in [-0.25, -0.2) is 18.1 Å². The Balaban J connectivity index is 1.58. The Bertz CT molecular complexity index is 996. The number of nitrogens with one attached hydrogen (secondary N) is 2. The Hall–Kier alpha value is -2.20. The van der Waals surface area contributed by atoms with E-state index in [0.29, 0.717) is 31.2 Å². The zero-order chi connectivity index (χ0) is 20.4. The summed E-state index contributed by atoms with van der Waals surface area (Å²) in [5.41, 5.74) is 8.53. The van der Waals surface area contributed by atoms with Crippen molar-refractivity contribution in [1.29, 1.82) is 0 Å². The highest BCUT2D eigenvalue weighted by Gasteiger charge is 2.24. The molecule has 1 unspecified atom stereocenters. The summed E-state index contributed by atoms with van der Waals surface area (Å²) < 4.78 is 34.2. The maximum Gasteiger partial charge on any atom is 0.244 e. The van der Waals surface area contributed by atoms with E-state index in [-0.39, 0.29) is 10.7 Å². The summed E-state index contributed by atoms with van der Waals surface area (Å²) in [6.07, 6.45) is 2.59. The summed E-state index contributed by atoms with van der Waals surface area (Å²) >= 11 is 0. The summed E-state index contributed by atoms with van der Waals surface area (Å²) in [5.74, 6) is 1.16. The third-order valence-electron chi connectivity index (χ3n) is 5.47. The van der Waals surface area contributed by atoms with Gasteiger partial charge < -0.3 is 20.7 Å². The third kappa shape index (κ3) is 4.53. The summed E-state index contributed by atoms with van der Waals surface area (Å²) in [4.78, 5) is 6.37. The lowest BCUT2D eigenvalue weighted by molar-refractivity contribution is 0.326. The van der Waals surface area contributed by atoms with E-state index in [0.717, 1.165) is 42.9 Å². The van der Waals surface area contributed by atoms with Crippen molar-refractivity contribution in [1.82, 2.24) is 19.9 Å². The number of hydrogen-bond acceptors (Lipinski definition) is 7. The van der Waals surface area contributed by atoms with Crippen LogP contribution in [0.5, 0.6) is 5.75 Å². The molecule has 4 N–H and O–H groups in total. The van der Waals surface area contributed by atoms with Crippen LogP contribution in [-0.2, 0) is 16.6 Å². The monoisotopic (exact) mass is 417 g/mol. The van der Waals surface area contributed by atoms with Crippen LogP contribution in [0.3, 0.4) is 0 Å². The number of benzene rings is 1. The first kappa shape index (κ1) is 20.1. The van der Waals surface area contributed by atoms with Gasteiger partial charge in [0.25, 0.3) is 0 Å². The molecule has 29 heavy (non-hydrogen) atoms. The standard InChI is InChI=1S/C20H27N5O3S/c1-25-6-4-14(13-25)10-24-29(26,27)19-9-16(12-23-20(19)21)15-2-3-18-17(8-15)11-22-5-7-28-18/h2-3,8-9,12,14,22,24H,4-7,10-11,13H2,1H3,(H2,21,23). The van der Waals surface area contributed by atoms with E-state index in [1.165, 1.54) is 0 Å². The van der Waals surface area contributed by atoms with Gasteiger partial charge in [0.1, 0.15) is 23.1 Å². The van der Waals surface area contributed by atoms with Crippen LogP contribution in [0.2, 0.25) is 0 Å². The van der Waals surface area contributed by atoms with E-state index in [2.05, 4.69) is 19.9 Å². The first-order chi connectivity index (χ1) is 13.9. The smallest absolute Gasteiger partial charge is 0.244 e. The molecule has 0 spiro atoms. The fourth-order valence-corrected chi connectivity index (χ4v) is 5.04. The largest absolute Gasteiger partial charge is 0.492 e. The van der Waals surface area contributed by atoms with Crippen molar-refractivity contribution in [3.8, 4) is 16.9 Å². The van der Waals surface area contributed by atoms with Crippen LogP contribution >= 0.6 is 0 Å². The van der Waals surface area contributed by atoms with E-state index in [4.69, 9.17) is 10.5 Å². The molecular weight excluding hydrogens is 390 g/mol. The molecule has 0 aliphatic carbocycles. The number of nitrogens with two attached hydrogens (primary N) is 1. The fraction of sp³-hybridized carbons (Fsp3) is 0.450. The van der Waals surface area contributed by atoms with Gasteiger partial charge in [0, 0.05) is 43.5 Å². The quantitative estimate of drug-likeness (QED) is 0.667. The number of pyridine rings is 1. The highest BCUT2D eigenvalue weighted by atomic mass is 32.2. The molecule has 0 radical (unpaired) electrons. The second-order valence-corrected chi connectivity index (χ2v) is 9.46. The van der Waals surface area contributed by atoms with Crippen LogP contribution in [0.4, 0.5) is 5.82 Å². The Morgan fingerprint density at radius 2 is 2.21 bits per heavy atom. The number of aromatic nitrogens is 1. The molecule has 4 rings (SSSR count). The van der Waals surface area contributed by atoms with Gasteiger partial charge in [0.05, 0.1) is 0 Å². The molecule has 0 saturated carbocycles. The van der Waals surface area contributed by atoms with Gasteiger partial charge >= 0.3 is 0 Å². The van der Waals surface area contributed by atoms with Gasteiger partial charge in [0.2, 0.25) is 10.0 Å². The van der Waals surface area contributed by atoms with E-state index < -0.39 is 10.0 Å². The first-order valence-electron chi connectivity index (χ1n) is 9.83. The highest BCUT2D eigenvalue weighted by Crippen LogP contribution is 2.30. The average molecular weight is 418 g/mol. The van der Waals surface area contributed by atoms with Crippen molar-refractivity contribution in [3.05, 3.63) is 36.0 Å². The second-order valence-electron chi connectivity index (χ2n) is 7.72. The summed E-state index contributed by atoms with van der Waals surface area (Å²) in [6, 6.07) is 7.42. The van der Waals surface area contributed by atoms with Crippen molar-refractivity contribution >= 4 is 15.8 Å². The van der Waals surface area contributed by atoms with Crippen molar-refractivity contribution in [2.75, 3.05) is 45.6 Å². The number of nitrogen functional groups attached to an aromatic ring is 1. The van der Waals surface area contributed by atoms with Crippen molar-refractivity contribution in [3.63, 3.8) is 0 Å². The van der Waals surface area contributed by atoms with Crippen molar-refractivity contribution in [2.45, 2.75) is 17.9 Å². The predicted molar refractivity (Wildman–Crippen MR) is 112 cm³/mol. The van der Waals surface area contributed by atoms with Gasteiger partial charge in [-0.15, -0.1) is 0 Å². The fourth-order valence-electron chi connectivity index (χ4n) is 3.82. The van der Waals surface area contributed by atoms with Crippen molar-refractivity contribution < 1.29 is 13.2 Å². The average Bonchev–Trinajstić information content (AvgIpc) is 2.98. The lowest BCUT2D eigenvalue weighted by atomic mass is 10.0. The van der Waals surface area contributed by atoms with Crippen LogP contribution in [0, 0.1) is 5.92 Å². The predicted octanol–water partition coefficient (Wildman–Crippen LogP) is 1.04. The molecule has 8 nitrogen and oxygen atoms in total. The molecular formula is C20H27N5O3S. The molecule has 3 heterocycles. The Morgan fingerprint density at radius 3 is 3.00 bits per heavy atom. The van der Waals surface area contributed by atoms with E-state index in [1.807, 2.05) is 25.2 Å². The number of anilines is 1. The van der Waals surface area contributed by atoms with Gasteiger partial charge in [-0.05, 0) is 49.7 Å². The number of rotatable bonds is 5. The zero-order valence-electron chi connectivity index (χ0n) is 16.5. The number of fused-ring (bicyclic) bond motifs is 1. The highest BCUT2D eigenvalue weighted by molar-refractivity contribution is 7.89. The van der Waals surface area contributed by atoms with Crippen molar-refractivity contribution in [2.24, 2.45) is 5.92 Å². The minimum atomic E-state index is -3.74. The number of likely N-dealkylation sites (tertiary alicyclic amines) is 1. The summed E-state index contributed by atoms with van der Waals surface area (Å²) in [5, 5.41) is 3.30. The van der Waals surface area contributed by atoms with Crippen LogP contribution in [-0.4, -0.2) is 58.1 Å². The third-order valence-corrected chi connectivity index (χ3v) is 6.92. The Kier molecular flexibility index (Phi) is 5.73. The summed E-state index contributed by atoms with van der Waals surface area (Å²) in [7, 11) is -1.70. The molecule has 0 amide bonds. The molecule has 1 saturated heterocycles. The molecule has 1 aromatic heterocycles. The van der Waals surface area contributed by atoms with Crippen LogP contribution < -0.4 is 20.5 Å². The lowest BCUT2D eigenvalue weighted by Gasteiger charge is -2.14. The minimum Gasteiger partial charge on any atom is -0.492 e. The number of sulfonamides is 1. The molecule has 2 aromatic rings. The molecule has 0 bridgehead atoms. The van der Waals surface area contributed by atoms with Crippen LogP contribution in [0.25, 0.3) is 11.1 Å². The van der Waals surface area contributed by atoms with Crippen LogP contribution in [0.15, 0.2) is 35.4 Å². The van der Waals surface area contributed by atoms with E-state index in [9.17, 15) is 8.42 Å². The van der Waals surface area contributed by atoms with Gasteiger partial charge in [-0.2, -0.15) is 0 Å². The first-order valence-corrected chi connectivity index (χ1v) is 11.3. The maximum atomic E-state index is 12.9. The Labute approximate surface area is 171 Å². The van der Waals surface area contributed by atoms with Crippen LogP contribution in [0.1, 0.15) is 12.0 Å². The maximum absolute atomic E-state index is 12.9. The molecule has 9 heteroatoms. The zero-order valence-corrected chi connectivity index (χ0v) is 17.3. The molecule has 2 aliphatic heterocycles. The SMILES string of the molecule is CN1CCC(CNS(=O)(=O)c2cc(-c3ccc4c(c3)CNCCO4)cnc2N)C1. The van der Waals surface area contributed by atoms with Gasteiger partial charge in [0.15, 0.2) is 0 Å².